The number of halogens is 1. The second-order valence-electron chi connectivity index (χ2n) is 5.15. The van der Waals surface area contributed by atoms with E-state index in [1.807, 2.05) is 38.1 Å². The molecule has 0 amide bonds. The van der Waals surface area contributed by atoms with Gasteiger partial charge in [-0.2, -0.15) is 4.39 Å². The van der Waals surface area contributed by atoms with E-state index in [1.165, 1.54) is 6.20 Å². The molecule has 4 nitrogen and oxygen atoms in total. The van der Waals surface area contributed by atoms with Crippen LogP contribution in [-0.2, 0) is 0 Å². The van der Waals surface area contributed by atoms with Crippen LogP contribution in [0.2, 0.25) is 0 Å². The molecule has 0 fully saturated rings. The molecular formula is C16H14FN3O. The number of hydrogen-bond donors (Lipinski definition) is 0. The van der Waals surface area contributed by atoms with Crippen molar-refractivity contribution in [2.24, 2.45) is 5.92 Å². The van der Waals surface area contributed by atoms with Crippen molar-refractivity contribution in [3.05, 3.63) is 54.4 Å². The third kappa shape index (κ3) is 2.31. The molecule has 0 bridgehead atoms. The minimum atomic E-state index is -0.631. The number of benzene rings is 1. The van der Waals surface area contributed by atoms with Gasteiger partial charge in [0.2, 0.25) is 5.95 Å². The summed E-state index contributed by atoms with van der Waals surface area (Å²) in [6.07, 6.45) is 4.16. The quantitative estimate of drug-likeness (QED) is 0.692. The van der Waals surface area contributed by atoms with E-state index in [2.05, 4.69) is 9.97 Å². The van der Waals surface area contributed by atoms with Gasteiger partial charge in [-0.15, -0.1) is 0 Å². The molecule has 106 valence electrons. The fraction of sp³-hybridized carbons (Fsp3) is 0.188. The first kappa shape index (κ1) is 13.4. The van der Waals surface area contributed by atoms with Gasteiger partial charge in [0, 0.05) is 23.1 Å². The number of carbonyl (C=O) groups is 1. The summed E-state index contributed by atoms with van der Waals surface area (Å²) in [6.45, 7) is 3.73. The molecule has 3 rings (SSSR count). The molecule has 0 aliphatic heterocycles. The van der Waals surface area contributed by atoms with E-state index < -0.39 is 5.95 Å². The number of hydrogen-bond acceptors (Lipinski definition) is 3. The van der Waals surface area contributed by atoms with Gasteiger partial charge in [-0.25, -0.2) is 9.97 Å². The number of Topliss-reactive ketones (excluding diaryl/α,β-unsaturated/α-hetero) is 1. The number of fused-ring (bicyclic) bond motifs is 1. The number of ketones is 1. The maximum Gasteiger partial charge on any atom is 0.231 e. The standard InChI is InChI=1S/C16H14FN3O/c1-10(2)16(21)12-9-20(13-6-4-3-5-11(12)13)15-8-18-14(17)7-19-15/h3-10H,1-2H3. The van der Waals surface area contributed by atoms with Gasteiger partial charge in [-0.1, -0.05) is 32.0 Å². The number of para-hydroxylation sites is 1. The number of aromatic nitrogens is 3. The summed E-state index contributed by atoms with van der Waals surface area (Å²) in [4.78, 5) is 20.0. The SMILES string of the molecule is CC(C)C(=O)c1cn(-c2cnc(F)cn2)c2ccccc12. The molecular weight excluding hydrogens is 269 g/mol. The second-order valence-corrected chi connectivity index (χ2v) is 5.15. The second kappa shape index (κ2) is 5.09. The van der Waals surface area contributed by atoms with Crippen LogP contribution in [0.25, 0.3) is 16.7 Å². The fourth-order valence-electron chi connectivity index (χ4n) is 2.31. The summed E-state index contributed by atoms with van der Waals surface area (Å²) >= 11 is 0. The molecule has 0 radical (unpaired) electrons. The van der Waals surface area contributed by atoms with E-state index >= 15 is 0 Å². The zero-order chi connectivity index (χ0) is 15.0. The maximum atomic E-state index is 12.9. The molecule has 0 aliphatic rings. The van der Waals surface area contributed by atoms with E-state index in [0.29, 0.717) is 11.4 Å². The summed E-state index contributed by atoms with van der Waals surface area (Å²) in [7, 11) is 0. The minimum absolute atomic E-state index is 0.0695. The molecule has 0 spiro atoms. The highest BCUT2D eigenvalue weighted by Crippen LogP contribution is 2.25. The summed E-state index contributed by atoms with van der Waals surface area (Å²) in [5, 5.41) is 0.863. The molecule has 0 aliphatic carbocycles. The van der Waals surface area contributed by atoms with Gasteiger partial charge in [0.25, 0.3) is 0 Å². The Kier molecular flexibility index (Phi) is 3.25. The first-order valence-electron chi connectivity index (χ1n) is 6.70. The largest absolute Gasteiger partial charge is 0.299 e. The van der Waals surface area contributed by atoms with Crippen molar-refractivity contribution in [1.82, 2.24) is 14.5 Å². The molecule has 0 saturated heterocycles. The lowest BCUT2D eigenvalue weighted by molar-refractivity contribution is 0.0941. The van der Waals surface area contributed by atoms with E-state index in [0.717, 1.165) is 17.1 Å². The van der Waals surface area contributed by atoms with Gasteiger partial charge in [-0.05, 0) is 6.07 Å². The lowest BCUT2D eigenvalue weighted by atomic mass is 10.0. The van der Waals surface area contributed by atoms with Crippen LogP contribution in [0.15, 0.2) is 42.9 Å². The molecule has 0 unspecified atom stereocenters. The zero-order valence-electron chi connectivity index (χ0n) is 11.7. The van der Waals surface area contributed by atoms with Crippen molar-refractivity contribution in [3.8, 4) is 5.82 Å². The zero-order valence-corrected chi connectivity index (χ0v) is 11.7. The Hall–Kier alpha value is -2.56. The Morgan fingerprint density at radius 2 is 1.95 bits per heavy atom. The predicted octanol–water partition coefficient (Wildman–Crippen LogP) is 3.40. The van der Waals surface area contributed by atoms with Crippen LogP contribution in [0.1, 0.15) is 24.2 Å². The number of carbonyl (C=O) groups excluding carboxylic acids is 1. The topological polar surface area (TPSA) is 47.8 Å². The lowest BCUT2D eigenvalue weighted by Gasteiger charge is -2.02. The average Bonchev–Trinajstić information content (AvgIpc) is 2.87. The van der Waals surface area contributed by atoms with Gasteiger partial charge >= 0.3 is 0 Å². The Morgan fingerprint density at radius 1 is 1.19 bits per heavy atom. The highest BCUT2D eigenvalue weighted by atomic mass is 19.1. The van der Waals surface area contributed by atoms with Gasteiger partial charge in [0.05, 0.1) is 17.9 Å². The van der Waals surface area contributed by atoms with E-state index in [4.69, 9.17) is 0 Å². The summed E-state index contributed by atoms with van der Waals surface area (Å²) < 4.78 is 14.7. The third-order valence-corrected chi connectivity index (χ3v) is 3.36. The lowest BCUT2D eigenvalue weighted by Crippen LogP contribution is -2.06. The normalized spacial score (nSPS) is 11.2. The molecule has 2 heterocycles. The van der Waals surface area contributed by atoms with Crippen LogP contribution in [-0.4, -0.2) is 20.3 Å². The molecule has 1 aromatic carbocycles. The van der Waals surface area contributed by atoms with Crippen LogP contribution < -0.4 is 0 Å². The fourth-order valence-corrected chi connectivity index (χ4v) is 2.31. The molecule has 5 heteroatoms. The minimum Gasteiger partial charge on any atom is -0.299 e. The molecule has 3 aromatic rings. The van der Waals surface area contributed by atoms with Gasteiger partial charge in [-0.3, -0.25) is 9.36 Å². The van der Waals surface area contributed by atoms with Gasteiger partial charge in [0.1, 0.15) is 0 Å². The van der Waals surface area contributed by atoms with Crippen molar-refractivity contribution < 1.29 is 9.18 Å². The number of rotatable bonds is 3. The smallest absolute Gasteiger partial charge is 0.231 e. The van der Waals surface area contributed by atoms with E-state index in [-0.39, 0.29) is 11.7 Å². The highest BCUT2D eigenvalue weighted by molar-refractivity contribution is 6.09. The summed E-state index contributed by atoms with van der Waals surface area (Å²) in [5.41, 5.74) is 1.49. The molecule has 2 aromatic heterocycles. The van der Waals surface area contributed by atoms with Crippen LogP contribution in [0, 0.1) is 11.9 Å². The molecule has 0 atom stereocenters. The third-order valence-electron chi connectivity index (χ3n) is 3.36. The van der Waals surface area contributed by atoms with Crippen molar-refractivity contribution in [1.29, 1.82) is 0 Å². The summed E-state index contributed by atoms with van der Waals surface area (Å²) in [6, 6.07) is 7.58. The monoisotopic (exact) mass is 283 g/mol. The summed E-state index contributed by atoms with van der Waals surface area (Å²) in [5.74, 6) is -0.173. The van der Waals surface area contributed by atoms with Crippen molar-refractivity contribution >= 4 is 16.7 Å². The Labute approximate surface area is 121 Å². The van der Waals surface area contributed by atoms with Crippen molar-refractivity contribution in [2.45, 2.75) is 13.8 Å². The number of nitrogens with zero attached hydrogens (tertiary/aromatic N) is 3. The first-order valence-corrected chi connectivity index (χ1v) is 6.70. The molecule has 0 saturated carbocycles. The van der Waals surface area contributed by atoms with E-state index in [1.54, 1.807) is 10.8 Å². The van der Waals surface area contributed by atoms with Crippen molar-refractivity contribution in [3.63, 3.8) is 0 Å². The predicted molar refractivity (Wildman–Crippen MR) is 78.0 cm³/mol. The Morgan fingerprint density at radius 3 is 2.62 bits per heavy atom. The first-order chi connectivity index (χ1) is 10.1. The molecule has 0 N–H and O–H groups in total. The van der Waals surface area contributed by atoms with Crippen LogP contribution >= 0.6 is 0 Å². The van der Waals surface area contributed by atoms with Crippen LogP contribution in [0.3, 0.4) is 0 Å². The Bertz CT molecular complexity index is 806. The Balaban J connectivity index is 2.24. The van der Waals surface area contributed by atoms with E-state index in [9.17, 15) is 9.18 Å². The highest BCUT2D eigenvalue weighted by Gasteiger charge is 2.18. The average molecular weight is 283 g/mol. The maximum absolute atomic E-state index is 12.9. The van der Waals surface area contributed by atoms with Gasteiger partial charge < -0.3 is 0 Å². The van der Waals surface area contributed by atoms with Crippen molar-refractivity contribution in [2.75, 3.05) is 0 Å². The van der Waals surface area contributed by atoms with Crippen LogP contribution in [0.5, 0.6) is 0 Å². The van der Waals surface area contributed by atoms with Gasteiger partial charge in [0.15, 0.2) is 11.6 Å². The molecule has 21 heavy (non-hydrogen) atoms. The van der Waals surface area contributed by atoms with Crippen LogP contribution in [0.4, 0.5) is 4.39 Å².